The summed E-state index contributed by atoms with van der Waals surface area (Å²) in [4.78, 5) is 10.2. The van der Waals surface area contributed by atoms with Crippen molar-refractivity contribution < 1.29 is 4.52 Å². The monoisotopic (exact) mass is 274 g/mol. The number of aromatic nitrogens is 3. The second kappa shape index (κ2) is 5.40. The van der Waals surface area contributed by atoms with Crippen molar-refractivity contribution in [2.75, 3.05) is 6.54 Å². The molecule has 1 N–H and O–H groups in total. The molecule has 108 valence electrons. The summed E-state index contributed by atoms with van der Waals surface area (Å²) in [7, 11) is 0. The van der Waals surface area contributed by atoms with Gasteiger partial charge in [0.25, 0.3) is 0 Å². The quantitative estimate of drug-likeness (QED) is 0.930. The molecule has 0 fully saturated rings. The maximum atomic E-state index is 5.39. The van der Waals surface area contributed by atoms with Gasteiger partial charge in [0.15, 0.2) is 0 Å². The fourth-order valence-electron chi connectivity index (χ4n) is 2.79. The van der Waals surface area contributed by atoms with E-state index < -0.39 is 0 Å². The van der Waals surface area contributed by atoms with E-state index in [1.54, 1.807) is 0 Å². The third kappa shape index (κ3) is 2.93. The van der Waals surface area contributed by atoms with Gasteiger partial charge < -0.3 is 9.51 Å². The van der Waals surface area contributed by atoms with Crippen LogP contribution in [-0.2, 0) is 25.9 Å². The zero-order valence-corrected chi connectivity index (χ0v) is 12.4. The first-order chi connectivity index (χ1) is 9.60. The van der Waals surface area contributed by atoms with Gasteiger partial charge in [0.1, 0.15) is 11.6 Å². The van der Waals surface area contributed by atoms with Gasteiger partial charge in [-0.3, -0.25) is 4.90 Å². The molecule has 3 heterocycles. The number of hydrogen-bond acceptors (Lipinski definition) is 4. The summed E-state index contributed by atoms with van der Waals surface area (Å²) in [6.07, 6.45) is 1.97. The smallest absolute Gasteiger partial charge is 0.137 e. The number of nitrogens with one attached hydrogen (secondary N) is 1. The first-order valence-corrected chi connectivity index (χ1v) is 7.31. The van der Waals surface area contributed by atoms with E-state index in [1.165, 1.54) is 11.4 Å². The first kappa shape index (κ1) is 13.4. The average molecular weight is 274 g/mol. The van der Waals surface area contributed by atoms with Crippen molar-refractivity contribution in [3.63, 3.8) is 0 Å². The van der Waals surface area contributed by atoms with E-state index in [1.807, 2.05) is 6.92 Å². The summed E-state index contributed by atoms with van der Waals surface area (Å²) in [5, 5.41) is 4.18. The van der Waals surface area contributed by atoms with Gasteiger partial charge in [0.2, 0.25) is 0 Å². The van der Waals surface area contributed by atoms with Crippen molar-refractivity contribution in [2.45, 2.75) is 46.7 Å². The number of aryl methyl sites for hydroxylation is 1. The van der Waals surface area contributed by atoms with Crippen LogP contribution in [0.5, 0.6) is 0 Å². The van der Waals surface area contributed by atoms with Crippen LogP contribution in [0.1, 0.15) is 42.5 Å². The van der Waals surface area contributed by atoms with Crippen molar-refractivity contribution >= 4 is 0 Å². The van der Waals surface area contributed by atoms with Crippen molar-refractivity contribution in [3.8, 4) is 0 Å². The minimum Gasteiger partial charge on any atom is -0.361 e. The highest BCUT2D eigenvalue weighted by molar-refractivity contribution is 5.18. The SMILES string of the molecule is Cc1nc2c([nH]1)CN(Cc1cc(CC(C)C)on1)CC2. The number of fused-ring (bicyclic) bond motifs is 1. The van der Waals surface area contributed by atoms with Gasteiger partial charge in [-0.1, -0.05) is 19.0 Å². The first-order valence-electron chi connectivity index (χ1n) is 7.31. The Morgan fingerprint density at radius 1 is 1.45 bits per heavy atom. The highest BCUT2D eigenvalue weighted by Gasteiger charge is 2.20. The summed E-state index contributed by atoms with van der Waals surface area (Å²) < 4.78 is 5.39. The number of H-pyrrole nitrogens is 1. The molecule has 3 rings (SSSR count). The largest absolute Gasteiger partial charge is 0.361 e. The lowest BCUT2D eigenvalue weighted by atomic mass is 10.1. The number of imidazole rings is 1. The van der Waals surface area contributed by atoms with Crippen LogP contribution >= 0.6 is 0 Å². The van der Waals surface area contributed by atoms with Crippen LogP contribution in [0.3, 0.4) is 0 Å². The van der Waals surface area contributed by atoms with E-state index in [0.29, 0.717) is 5.92 Å². The molecule has 20 heavy (non-hydrogen) atoms. The predicted octanol–water partition coefficient (Wildman–Crippen LogP) is 2.46. The molecule has 0 saturated heterocycles. The lowest BCUT2D eigenvalue weighted by Gasteiger charge is -2.24. The van der Waals surface area contributed by atoms with Crippen molar-refractivity contribution in [3.05, 3.63) is 34.7 Å². The summed E-state index contributed by atoms with van der Waals surface area (Å²) in [6.45, 7) is 9.19. The number of rotatable bonds is 4. The molecule has 0 saturated carbocycles. The molecule has 0 radical (unpaired) electrons. The molecular formula is C15H22N4O. The summed E-state index contributed by atoms with van der Waals surface area (Å²) in [6, 6.07) is 2.09. The molecule has 1 aliphatic heterocycles. The Kier molecular flexibility index (Phi) is 3.61. The molecule has 0 aromatic carbocycles. The minimum absolute atomic E-state index is 0.598. The number of aromatic amines is 1. The zero-order chi connectivity index (χ0) is 14.1. The molecular weight excluding hydrogens is 252 g/mol. The van der Waals surface area contributed by atoms with Gasteiger partial charge in [-0.15, -0.1) is 0 Å². The standard InChI is InChI=1S/C15H22N4O/c1-10(2)6-13-7-12(18-20-13)8-19-5-4-14-15(9-19)17-11(3)16-14/h7,10H,4-6,8-9H2,1-3H3,(H,16,17). The van der Waals surface area contributed by atoms with Gasteiger partial charge in [-0.05, 0) is 12.8 Å². The fourth-order valence-corrected chi connectivity index (χ4v) is 2.79. The minimum atomic E-state index is 0.598. The van der Waals surface area contributed by atoms with Gasteiger partial charge in [0, 0.05) is 38.5 Å². The Morgan fingerprint density at radius 2 is 2.30 bits per heavy atom. The molecule has 0 amide bonds. The molecule has 0 unspecified atom stereocenters. The van der Waals surface area contributed by atoms with Gasteiger partial charge in [-0.25, -0.2) is 4.98 Å². The topological polar surface area (TPSA) is 58.0 Å². The van der Waals surface area contributed by atoms with Crippen molar-refractivity contribution in [1.29, 1.82) is 0 Å². The molecule has 2 aromatic rings. The molecule has 0 aliphatic carbocycles. The van der Waals surface area contributed by atoms with Crippen LogP contribution < -0.4 is 0 Å². The molecule has 0 bridgehead atoms. The molecule has 1 aliphatic rings. The maximum absolute atomic E-state index is 5.39. The van der Waals surface area contributed by atoms with Gasteiger partial charge in [0.05, 0.1) is 17.1 Å². The highest BCUT2D eigenvalue weighted by atomic mass is 16.5. The maximum Gasteiger partial charge on any atom is 0.137 e. The zero-order valence-electron chi connectivity index (χ0n) is 12.4. The Bertz CT molecular complexity index is 584. The van der Waals surface area contributed by atoms with Crippen molar-refractivity contribution in [1.82, 2.24) is 20.0 Å². The molecule has 2 aromatic heterocycles. The highest BCUT2D eigenvalue weighted by Crippen LogP contribution is 2.19. The van der Waals surface area contributed by atoms with Crippen LogP contribution in [0, 0.1) is 12.8 Å². The predicted molar refractivity (Wildman–Crippen MR) is 76.2 cm³/mol. The summed E-state index contributed by atoms with van der Waals surface area (Å²) in [5.41, 5.74) is 3.50. The number of hydrogen-bond donors (Lipinski definition) is 1. The molecule has 5 heteroatoms. The second-order valence-electron chi connectivity index (χ2n) is 6.09. The fraction of sp³-hybridized carbons (Fsp3) is 0.600. The Morgan fingerprint density at radius 3 is 3.10 bits per heavy atom. The third-order valence-corrected chi connectivity index (χ3v) is 3.63. The molecule has 0 spiro atoms. The van der Waals surface area contributed by atoms with E-state index in [0.717, 1.165) is 49.8 Å². The summed E-state index contributed by atoms with van der Waals surface area (Å²) in [5.74, 6) is 2.60. The lowest BCUT2D eigenvalue weighted by molar-refractivity contribution is 0.233. The van der Waals surface area contributed by atoms with Crippen molar-refractivity contribution in [2.24, 2.45) is 5.92 Å². The average Bonchev–Trinajstić information content (AvgIpc) is 2.93. The summed E-state index contributed by atoms with van der Waals surface area (Å²) >= 11 is 0. The molecule has 0 atom stereocenters. The van der Waals surface area contributed by atoms with E-state index in [2.05, 4.69) is 39.9 Å². The Hall–Kier alpha value is -1.62. The van der Waals surface area contributed by atoms with Gasteiger partial charge >= 0.3 is 0 Å². The Balaban J connectivity index is 1.63. The number of nitrogens with zero attached hydrogens (tertiary/aromatic N) is 3. The second-order valence-corrected chi connectivity index (χ2v) is 6.09. The van der Waals surface area contributed by atoms with E-state index in [9.17, 15) is 0 Å². The van der Waals surface area contributed by atoms with Crippen LogP contribution in [0.2, 0.25) is 0 Å². The van der Waals surface area contributed by atoms with Gasteiger partial charge in [-0.2, -0.15) is 0 Å². The normalized spacial score (nSPS) is 15.8. The lowest BCUT2D eigenvalue weighted by Crippen LogP contribution is -2.30. The third-order valence-electron chi connectivity index (χ3n) is 3.63. The molecule has 5 nitrogen and oxygen atoms in total. The van der Waals surface area contributed by atoms with E-state index >= 15 is 0 Å². The van der Waals surface area contributed by atoms with E-state index in [4.69, 9.17) is 4.52 Å². The van der Waals surface area contributed by atoms with Crippen LogP contribution in [0.15, 0.2) is 10.6 Å². The van der Waals surface area contributed by atoms with E-state index in [-0.39, 0.29) is 0 Å². The van der Waals surface area contributed by atoms with Crippen LogP contribution in [-0.4, -0.2) is 26.6 Å². The van der Waals surface area contributed by atoms with Crippen LogP contribution in [0.25, 0.3) is 0 Å². The Labute approximate surface area is 119 Å². The van der Waals surface area contributed by atoms with Crippen LogP contribution in [0.4, 0.5) is 0 Å².